The standard InChI is InChI=1S/C23H30ClN3O3S/c1-17-5-4-14-27(15-17)21-10-6-19(7-11-21)18(2)25-23(28)16-26(3)31(29,30)22-12-8-20(24)9-13-22/h6-13,17-18H,4-5,14-16H2,1-3H3,(H,25,28)/t17-,18-/m1/s1. The van der Waals surface area contributed by atoms with Crippen LogP contribution in [0.4, 0.5) is 5.69 Å². The van der Waals surface area contributed by atoms with E-state index in [9.17, 15) is 13.2 Å². The summed E-state index contributed by atoms with van der Waals surface area (Å²) in [5, 5.41) is 3.34. The number of nitrogens with one attached hydrogen (secondary N) is 1. The average molecular weight is 464 g/mol. The number of benzene rings is 2. The van der Waals surface area contributed by atoms with Crippen molar-refractivity contribution in [2.24, 2.45) is 5.92 Å². The Morgan fingerprint density at radius 3 is 2.45 bits per heavy atom. The molecule has 0 aliphatic carbocycles. The molecule has 8 heteroatoms. The van der Waals surface area contributed by atoms with Crippen LogP contribution in [0.2, 0.25) is 5.02 Å². The molecular formula is C23H30ClN3O3S. The molecule has 6 nitrogen and oxygen atoms in total. The highest BCUT2D eigenvalue weighted by Gasteiger charge is 2.24. The monoisotopic (exact) mass is 463 g/mol. The normalized spacial score (nSPS) is 18.1. The number of hydrogen-bond donors (Lipinski definition) is 1. The van der Waals surface area contributed by atoms with Gasteiger partial charge in [-0.15, -0.1) is 0 Å². The van der Waals surface area contributed by atoms with Crippen LogP contribution >= 0.6 is 11.6 Å². The van der Waals surface area contributed by atoms with E-state index in [0.29, 0.717) is 10.9 Å². The van der Waals surface area contributed by atoms with E-state index in [1.54, 1.807) is 0 Å². The van der Waals surface area contributed by atoms with Gasteiger partial charge in [0.15, 0.2) is 0 Å². The minimum Gasteiger partial charge on any atom is -0.371 e. The Labute approximate surface area is 190 Å². The number of sulfonamides is 1. The third kappa shape index (κ3) is 5.99. The minimum atomic E-state index is -3.77. The molecule has 1 saturated heterocycles. The van der Waals surface area contributed by atoms with Gasteiger partial charge in [-0.05, 0) is 67.6 Å². The Kier molecular flexibility index (Phi) is 7.62. The quantitative estimate of drug-likeness (QED) is 0.671. The maximum atomic E-state index is 12.6. The van der Waals surface area contributed by atoms with Crippen LogP contribution in [0.15, 0.2) is 53.4 Å². The number of rotatable bonds is 7. The maximum absolute atomic E-state index is 12.6. The molecular weight excluding hydrogens is 434 g/mol. The highest BCUT2D eigenvalue weighted by Crippen LogP contribution is 2.24. The van der Waals surface area contributed by atoms with Gasteiger partial charge in [0.05, 0.1) is 17.5 Å². The highest BCUT2D eigenvalue weighted by molar-refractivity contribution is 7.89. The molecule has 2 aromatic carbocycles. The van der Waals surface area contributed by atoms with Crippen LogP contribution in [0.3, 0.4) is 0 Å². The summed E-state index contributed by atoms with van der Waals surface area (Å²) in [6, 6.07) is 13.9. The number of piperidine rings is 1. The predicted molar refractivity (Wildman–Crippen MR) is 125 cm³/mol. The second-order valence-corrected chi connectivity index (χ2v) is 10.8. The van der Waals surface area contributed by atoms with Gasteiger partial charge in [-0.1, -0.05) is 30.7 Å². The van der Waals surface area contributed by atoms with Gasteiger partial charge in [0, 0.05) is 30.8 Å². The van der Waals surface area contributed by atoms with E-state index < -0.39 is 10.0 Å². The fourth-order valence-electron chi connectivity index (χ4n) is 3.84. The first-order chi connectivity index (χ1) is 14.7. The Morgan fingerprint density at radius 2 is 1.84 bits per heavy atom. The summed E-state index contributed by atoms with van der Waals surface area (Å²) in [7, 11) is -2.37. The zero-order chi connectivity index (χ0) is 22.6. The van der Waals surface area contributed by atoms with E-state index in [-0.39, 0.29) is 23.4 Å². The summed E-state index contributed by atoms with van der Waals surface area (Å²) >= 11 is 5.83. The smallest absolute Gasteiger partial charge is 0.243 e. The minimum absolute atomic E-state index is 0.0999. The van der Waals surface area contributed by atoms with Crippen LogP contribution < -0.4 is 10.2 Å². The van der Waals surface area contributed by atoms with Crippen LogP contribution in [0, 0.1) is 5.92 Å². The van der Waals surface area contributed by atoms with E-state index >= 15 is 0 Å². The van der Waals surface area contributed by atoms with Crippen LogP contribution in [0.5, 0.6) is 0 Å². The zero-order valence-corrected chi connectivity index (χ0v) is 19.8. The first-order valence-corrected chi connectivity index (χ1v) is 12.3. The van der Waals surface area contributed by atoms with Crippen LogP contribution in [0.25, 0.3) is 0 Å². The van der Waals surface area contributed by atoms with Gasteiger partial charge in [-0.25, -0.2) is 8.42 Å². The number of likely N-dealkylation sites (N-methyl/N-ethyl adjacent to an activating group) is 1. The average Bonchev–Trinajstić information content (AvgIpc) is 2.74. The molecule has 2 aromatic rings. The fraction of sp³-hybridized carbons (Fsp3) is 0.435. The highest BCUT2D eigenvalue weighted by atomic mass is 35.5. The molecule has 1 N–H and O–H groups in total. The van der Waals surface area contributed by atoms with Gasteiger partial charge in [-0.3, -0.25) is 4.79 Å². The second-order valence-electron chi connectivity index (χ2n) is 8.29. The van der Waals surface area contributed by atoms with E-state index in [1.165, 1.54) is 49.8 Å². The Balaban J connectivity index is 1.58. The van der Waals surface area contributed by atoms with Crippen molar-refractivity contribution in [1.82, 2.24) is 9.62 Å². The molecule has 1 aliphatic rings. The van der Waals surface area contributed by atoms with E-state index in [0.717, 1.165) is 23.0 Å². The lowest BCUT2D eigenvalue weighted by Crippen LogP contribution is -2.39. The van der Waals surface area contributed by atoms with Crippen molar-refractivity contribution in [3.8, 4) is 0 Å². The molecule has 1 amide bonds. The number of nitrogens with zero attached hydrogens (tertiary/aromatic N) is 2. The fourth-order valence-corrected chi connectivity index (χ4v) is 5.10. The summed E-state index contributed by atoms with van der Waals surface area (Å²) in [5.41, 5.74) is 2.17. The van der Waals surface area contributed by atoms with E-state index in [4.69, 9.17) is 11.6 Å². The number of amides is 1. The molecule has 0 bridgehead atoms. The molecule has 1 heterocycles. The van der Waals surface area contributed by atoms with Crippen molar-refractivity contribution in [3.05, 3.63) is 59.1 Å². The number of carbonyl (C=O) groups excluding carboxylic acids is 1. The van der Waals surface area contributed by atoms with Crippen LogP contribution in [-0.2, 0) is 14.8 Å². The van der Waals surface area contributed by atoms with Crippen molar-refractivity contribution in [1.29, 1.82) is 0 Å². The Bertz CT molecular complexity index is 994. The largest absolute Gasteiger partial charge is 0.371 e. The van der Waals surface area contributed by atoms with Gasteiger partial charge in [0.1, 0.15) is 0 Å². The summed E-state index contributed by atoms with van der Waals surface area (Å²) in [6.07, 6.45) is 2.49. The predicted octanol–water partition coefficient (Wildman–Crippen LogP) is 4.07. The second kappa shape index (κ2) is 10.0. The molecule has 3 rings (SSSR count). The molecule has 0 spiro atoms. The van der Waals surface area contributed by atoms with Crippen molar-refractivity contribution in [2.75, 3.05) is 31.6 Å². The first kappa shape index (κ1) is 23.6. The lowest BCUT2D eigenvalue weighted by Gasteiger charge is -2.33. The molecule has 0 aromatic heterocycles. The van der Waals surface area contributed by atoms with Crippen molar-refractivity contribution in [2.45, 2.75) is 37.6 Å². The Morgan fingerprint density at radius 1 is 1.19 bits per heavy atom. The number of hydrogen-bond acceptors (Lipinski definition) is 4. The third-order valence-corrected chi connectivity index (χ3v) is 7.75. The molecule has 168 valence electrons. The van der Waals surface area contributed by atoms with E-state index in [2.05, 4.69) is 29.3 Å². The molecule has 31 heavy (non-hydrogen) atoms. The van der Waals surface area contributed by atoms with Gasteiger partial charge in [0.2, 0.25) is 15.9 Å². The SMILES string of the molecule is C[C@@H]1CCCN(c2ccc([C@@H](C)NC(=O)CN(C)S(=O)(=O)c3ccc(Cl)cc3)cc2)C1. The van der Waals surface area contributed by atoms with Gasteiger partial charge in [-0.2, -0.15) is 4.31 Å². The molecule has 0 saturated carbocycles. The lowest BCUT2D eigenvalue weighted by molar-refractivity contribution is -0.121. The molecule has 0 unspecified atom stereocenters. The topological polar surface area (TPSA) is 69.7 Å². The van der Waals surface area contributed by atoms with Crippen LogP contribution in [-0.4, -0.2) is 45.3 Å². The number of anilines is 1. The Hall–Kier alpha value is -2.09. The zero-order valence-electron chi connectivity index (χ0n) is 18.2. The molecule has 0 radical (unpaired) electrons. The van der Waals surface area contributed by atoms with Crippen LogP contribution in [0.1, 0.15) is 38.3 Å². The van der Waals surface area contributed by atoms with E-state index in [1.807, 2.05) is 19.1 Å². The first-order valence-electron chi connectivity index (χ1n) is 10.5. The summed E-state index contributed by atoms with van der Waals surface area (Å²) in [6.45, 7) is 6.05. The van der Waals surface area contributed by atoms with Gasteiger partial charge in [0.25, 0.3) is 0 Å². The van der Waals surface area contributed by atoms with Gasteiger partial charge >= 0.3 is 0 Å². The van der Waals surface area contributed by atoms with Gasteiger partial charge < -0.3 is 10.2 Å². The lowest BCUT2D eigenvalue weighted by atomic mass is 9.99. The summed E-state index contributed by atoms with van der Waals surface area (Å²) in [4.78, 5) is 15.0. The maximum Gasteiger partial charge on any atom is 0.243 e. The molecule has 1 fully saturated rings. The third-order valence-electron chi connectivity index (χ3n) is 5.68. The van der Waals surface area contributed by atoms with Crippen molar-refractivity contribution >= 4 is 33.2 Å². The molecule has 2 atom stereocenters. The number of carbonyl (C=O) groups is 1. The molecule has 1 aliphatic heterocycles. The van der Waals surface area contributed by atoms with Crippen molar-refractivity contribution < 1.29 is 13.2 Å². The summed E-state index contributed by atoms with van der Waals surface area (Å²) < 4.78 is 26.3. The number of halogens is 1. The van der Waals surface area contributed by atoms with Crippen molar-refractivity contribution in [3.63, 3.8) is 0 Å². The summed E-state index contributed by atoms with van der Waals surface area (Å²) in [5.74, 6) is 0.342.